The van der Waals surface area contributed by atoms with Crippen LogP contribution >= 0.6 is 0 Å². The van der Waals surface area contributed by atoms with Crippen LogP contribution in [0.5, 0.6) is 0 Å². The van der Waals surface area contributed by atoms with Crippen LogP contribution in [0.25, 0.3) is 0 Å². The van der Waals surface area contributed by atoms with Gasteiger partial charge in [-0.2, -0.15) is 0 Å². The number of carbonyl (C=O) groups excluding carboxylic acids is 3. The molecule has 2 aliphatic carbocycles. The molecule has 7 nitrogen and oxygen atoms in total. The fourth-order valence-electron chi connectivity index (χ4n) is 6.19. The van der Waals surface area contributed by atoms with E-state index >= 15 is 0 Å². The summed E-state index contributed by atoms with van der Waals surface area (Å²) in [6, 6.07) is 17.8. The summed E-state index contributed by atoms with van der Waals surface area (Å²) >= 11 is 0. The van der Waals surface area contributed by atoms with E-state index in [1.807, 2.05) is 72.8 Å². The summed E-state index contributed by atoms with van der Waals surface area (Å²) in [5, 5.41) is 0. The van der Waals surface area contributed by atoms with E-state index in [-0.39, 0.29) is 11.8 Å². The number of ether oxygens (including phenoxy) is 3. The lowest BCUT2D eigenvalue weighted by molar-refractivity contribution is -0.176. The van der Waals surface area contributed by atoms with Crippen molar-refractivity contribution >= 4 is 18.0 Å². The second-order valence-corrected chi connectivity index (χ2v) is 9.02. The topological polar surface area (TPSA) is 82.1 Å². The van der Waals surface area contributed by atoms with Crippen molar-refractivity contribution in [2.75, 3.05) is 14.2 Å². The van der Waals surface area contributed by atoms with Crippen molar-refractivity contribution < 1.29 is 28.6 Å². The number of amides is 1. The van der Waals surface area contributed by atoms with Gasteiger partial charge in [0.25, 0.3) is 0 Å². The second-order valence-electron chi connectivity index (χ2n) is 9.02. The Hall–Kier alpha value is -3.61. The normalized spacial score (nSPS) is 28.9. The summed E-state index contributed by atoms with van der Waals surface area (Å²) in [5.41, 5.74) is 0.0559. The number of rotatable bonds is 5. The van der Waals surface area contributed by atoms with Crippen LogP contribution in [0.3, 0.4) is 0 Å². The van der Waals surface area contributed by atoms with Crippen LogP contribution in [0.2, 0.25) is 0 Å². The highest BCUT2D eigenvalue weighted by atomic mass is 16.6. The monoisotopic (exact) mass is 461 g/mol. The van der Waals surface area contributed by atoms with Gasteiger partial charge in [-0.05, 0) is 35.8 Å². The maximum absolute atomic E-state index is 13.5. The van der Waals surface area contributed by atoms with E-state index in [1.165, 1.54) is 14.2 Å². The number of esters is 2. The van der Waals surface area contributed by atoms with E-state index in [0.29, 0.717) is 12.8 Å². The Morgan fingerprint density at radius 1 is 0.941 bits per heavy atom. The van der Waals surface area contributed by atoms with Crippen LogP contribution in [0.15, 0.2) is 72.8 Å². The molecule has 0 radical (unpaired) electrons. The Balaban J connectivity index is 1.68. The highest BCUT2D eigenvalue weighted by Crippen LogP contribution is 2.58. The quantitative estimate of drug-likeness (QED) is 0.287. The maximum Gasteiger partial charge on any atom is 0.411 e. The van der Waals surface area contributed by atoms with Gasteiger partial charge in [0, 0.05) is 0 Å². The second kappa shape index (κ2) is 8.63. The van der Waals surface area contributed by atoms with Crippen LogP contribution in [-0.4, -0.2) is 43.2 Å². The van der Waals surface area contributed by atoms with E-state index in [1.54, 1.807) is 4.90 Å². The van der Waals surface area contributed by atoms with Crippen molar-refractivity contribution in [3.05, 3.63) is 83.9 Å². The van der Waals surface area contributed by atoms with Crippen molar-refractivity contribution in [1.29, 1.82) is 0 Å². The van der Waals surface area contributed by atoms with Crippen molar-refractivity contribution in [1.82, 2.24) is 4.90 Å². The molecule has 7 heteroatoms. The Kier molecular flexibility index (Phi) is 5.63. The smallest absolute Gasteiger partial charge is 0.411 e. The van der Waals surface area contributed by atoms with Gasteiger partial charge in [0.05, 0.1) is 20.3 Å². The summed E-state index contributed by atoms with van der Waals surface area (Å²) in [4.78, 5) is 42.0. The molecule has 2 fully saturated rings. The van der Waals surface area contributed by atoms with Crippen LogP contribution in [0.4, 0.5) is 4.79 Å². The average Bonchev–Trinajstić information content (AvgIpc) is 3.56. The van der Waals surface area contributed by atoms with Gasteiger partial charge in [0.2, 0.25) is 0 Å². The largest absolute Gasteiger partial charge is 0.468 e. The van der Waals surface area contributed by atoms with E-state index in [9.17, 15) is 14.4 Å². The number of methoxy groups -OCH3 is 2. The Morgan fingerprint density at radius 2 is 1.53 bits per heavy atom. The van der Waals surface area contributed by atoms with E-state index in [4.69, 9.17) is 14.2 Å². The molecule has 0 N–H and O–H groups in total. The molecule has 0 spiro atoms. The van der Waals surface area contributed by atoms with Gasteiger partial charge in [-0.15, -0.1) is 0 Å². The predicted molar refractivity (Wildman–Crippen MR) is 122 cm³/mol. The summed E-state index contributed by atoms with van der Waals surface area (Å²) in [5.74, 6) is -1.76. The molecule has 3 unspecified atom stereocenters. The first-order valence-corrected chi connectivity index (χ1v) is 11.5. The lowest BCUT2D eigenvalue weighted by atomic mass is 9.72. The minimum absolute atomic E-state index is 0.0526. The van der Waals surface area contributed by atoms with Gasteiger partial charge in [0.1, 0.15) is 6.04 Å². The first kappa shape index (κ1) is 22.2. The van der Waals surface area contributed by atoms with E-state index < -0.39 is 41.6 Å². The van der Waals surface area contributed by atoms with Crippen molar-refractivity contribution in [3.63, 3.8) is 0 Å². The molecular weight excluding hydrogens is 434 g/mol. The number of nitrogens with zero attached hydrogens (tertiary/aromatic N) is 1. The summed E-state index contributed by atoms with van der Waals surface area (Å²) in [6.07, 6.45) is 3.82. The SMILES string of the molecule is COC(=O)C1(C(=O)OC)C2CC=CC2CC1N1C(=O)O[C@@H](c2ccccc2)[C@H]1c1ccccc1. The third kappa shape index (κ3) is 3.14. The fourth-order valence-corrected chi connectivity index (χ4v) is 6.19. The van der Waals surface area contributed by atoms with Gasteiger partial charge in [-0.25, -0.2) is 4.79 Å². The van der Waals surface area contributed by atoms with Gasteiger partial charge >= 0.3 is 18.0 Å². The maximum atomic E-state index is 13.5. The molecule has 1 aliphatic heterocycles. The molecule has 3 aliphatic rings. The number of benzene rings is 2. The molecule has 1 saturated heterocycles. The van der Waals surface area contributed by atoms with Gasteiger partial charge in [-0.1, -0.05) is 72.8 Å². The molecule has 1 amide bonds. The number of carbonyl (C=O) groups is 3. The minimum Gasteiger partial charge on any atom is -0.468 e. The van der Waals surface area contributed by atoms with Gasteiger partial charge < -0.3 is 14.2 Å². The highest BCUT2D eigenvalue weighted by Gasteiger charge is 2.70. The first-order chi connectivity index (χ1) is 16.5. The first-order valence-electron chi connectivity index (χ1n) is 11.5. The molecule has 0 bridgehead atoms. The molecule has 1 heterocycles. The van der Waals surface area contributed by atoms with Crippen LogP contribution in [0.1, 0.15) is 36.1 Å². The number of fused-ring (bicyclic) bond motifs is 1. The van der Waals surface area contributed by atoms with Crippen molar-refractivity contribution in [3.8, 4) is 0 Å². The summed E-state index contributed by atoms with van der Waals surface area (Å²) in [6.45, 7) is 0. The lowest BCUT2D eigenvalue weighted by Crippen LogP contribution is -2.57. The third-order valence-electron chi connectivity index (χ3n) is 7.57. The molecule has 176 valence electrons. The number of cyclic esters (lactones) is 1. The minimum atomic E-state index is -1.64. The Bertz CT molecular complexity index is 1100. The Morgan fingerprint density at radius 3 is 2.12 bits per heavy atom. The average molecular weight is 462 g/mol. The molecule has 34 heavy (non-hydrogen) atoms. The number of hydrogen-bond donors (Lipinski definition) is 0. The van der Waals surface area contributed by atoms with Crippen LogP contribution < -0.4 is 0 Å². The van der Waals surface area contributed by atoms with Crippen LogP contribution in [0, 0.1) is 17.3 Å². The molecule has 2 aromatic carbocycles. The third-order valence-corrected chi connectivity index (χ3v) is 7.57. The molecule has 5 atom stereocenters. The van der Waals surface area contributed by atoms with Gasteiger partial charge in [0.15, 0.2) is 11.5 Å². The Labute approximate surface area is 198 Å². The zero-order chi connectivity index (χ0) is 23.9. The number of allylic oxidation sites excluding steroid dienone is 2. The van der Waals surface area contributed by atoms with Gasteiger partial charge in [-0.3, -0.25) is 14.5 Å². The standard InChI is InChI=1S/C27H27NO6/c1-32-24(29)27(25(30)33-2)20-15-9-14-19(20)16-21(27)28-22(17-10-5-3-6-11-17)23(34-26(28)31)18-12-7-4-8-13-18/h3-14,19-23H,15-16H2,1-2H3/t19?,20?,21?,22-,23+/m1/s1. The van der Waals surface area contributed by atoms with Crippen LogP contribution in [-0.2, 0) is 23.8 Å². The van der Waals surface area contributed by atoms with E-state index in [0.717, 1.165) is 11.1 Å². The van der Waals surface area contributed by atoms with E-state index in [2.05, 4.69) is 0 Å². The zero-order valence-electron chi connectivity index (χ0n) is 19.1. The summed E-state index contributed by atoms with van der Waals surface area (Å²) < 4.78 is 16.3. The van der Waals surface area contributed by atoms with Crippen molar-refractivity contribution in [2.45, 2.75) is 31.0 Å². The molecular formula is C27H27NO6. The predicted octanol–water partition coefficient (Wildman–Crippen LogP) is 4.22. The summed E-state index contributed by atoms with van der Waals surface area (Å²) in [7, 11) is 2.53. The fraction of sp³-hybridized carbons (Fsp3) is 0.370. The number of hydrogen-bond acceptors (Lipinski definition) is 6. The molecule has 0 aromatic heterocycles. The molecule has 2 aromatic rings. The molecule has 5 rings (SSSR count). The molecule has 1 saturated carbocycles. The van der Waals surface area contributed by atoms with Crippen molar-refractivity contribution in [2.24, 2.45) is 17.3 Å². The highest BCUT2D eigenvalue weighted by molar-refractivity contribution is 6.02. The lowest BCUT2D eigenvalue weighted by Gasteiger charge is -2.40. The zero-order valence-corrected chi connectivity index (χ0v) is 19.1.